The van der Waals surface area contributed by atoms with E-state index in [1.165, 1.54) is 10.5 Å². The van der Waals surface area contributed by atoms with E-state index in [0.717, 1.165) is 15.9 Å². The molecule has 0 saturated heterocycles. The Bertz CT molecular complexity index is 591. The Hall–Kier alpha value is -0.710. The summed E-state index contributed by atoms with van der Waals surface area (Å²) in [6, 6.07) is 10.7. The summed E-state index contributed by atoms with van der Waals surface area (Å²) in [5, 5.41) is 3.97. The van der Waals surface area contributed by atoms with E-state index in [4.69, 9.17) is 11.6 Å². The zero-order valence-corrected chi connectivity index (χ0v) is 12.5. The van der Waals surface area contributed by atoms with Crippen molar-refractivity contribution < 1.29 is 0 Å². The molecule has 1 atom stereocenters. The normalized spacial score (nSPS) is 17.6. The van der Waals surface area contributed by atoms with Gasteiger partial charge in [0.2, 0.25) is 0 Å². The van der Waals surface area contributed by atoms with E-state index in [1.54, 1.807) is 6.20 Å². The maximum absolute atomic E-state index is 6.10. The minimum absolute atomic E-state index is 0.291. The lowest BCUT2D eigenvalue weighted by atomic mass is 10.1. The van der Waals surface area contributed by atoms with Crippen LogP contribution in [0.2, 0.25) is 5.15 Å². The number of halogens is 2. The van der Waals surface area contributed by atoms with Gasteiger partial charge >= 0.3 is 0 Å². The van der Waals surface area contributed by atoms with Crippen LogP contribution in [0.1, 0.15) is 11.6 Å². The lowest BCUT2D eigenvalue weighted by Gasteiger charge is -2.15. The molecule has 2 aromatic rings. The zero-order valence-electron chi connectivity index (χ0n) is 9.36. The molecule has 0 aliphatic carbocycles. The van der Waals surface area contributed by atoms with Gasteiger partial charge < -0.3 is 5.32 Å². The molecule has 0 saturated carbocycles. The summed E-state index contributed by atoms with van der Waals surface area (Å²) < 4.78 is 0.924. The van der Waals surface area contributed by atoms with Crippen LogP contribution in [0.15, 0.2) is 45.9 Å². The van der Waals surface area contributed by atoms with Crippen molar-refractivity contribution in [2.75, 3.05) is 11.1 Å². The van der Waals surface area contributed by atoms with E-state index in [9.17, 15) is 0 Å². The quantitative estimate of drug-likeness (QED) is 0.797. The van der Waals surface area contributed by atoms with Gasteiger partial charge in [0.25, 0.3) is 0 Å². The number of nitrogens with zero attached hydrogens (tertiary/aromatic N) is 1. The van der Waals surface area contributed by atoms with Gasteiger partial charge in [0.05, 0.1) is 11.7 Å². The van der Waals surface area contributed by atoms with Crippen molar-refractivity contribution in [1.82, 2.24) is 4.98 Å². The Morgan fingerprint density at radius 1 is 1.39 bits per heavy atom. The van der Waals surface area contributed by atoms with Gasteiger partial charge in [-0.2, -0.15) is 0 Å². The molecule has 0 amide bonds. The lowest BCUT2D eigenvalue weighted by molar-refractivity contribution is 0.898. The molecule has 2 nitrogen and oxygen atoms in total. The molecule has 1 unspecified atom stereocenters. The first-order chi connectivity index (χ1) is 8.74. The van der Waals surface area contributed by atoms with Gasteiger partial charge in [0, 0.05) is 21.3 Å². The molecule has 18 heavy (non-hydrogen) atoms. The molecule has 0 spiro atoms. The smallest absolute Gasteiger partial charge is 0.152 e. The van der Waals surface area contributed by atoms with Crippen LogP contribution in [0.25, 0.3) is 0 Å². The predicted octanol–water partition coefficient (Wildman–Crippen LogP) is 4.76. The molecule has 1 aliphatic heterocycles. The summed E-state index contributed by atoms with van der Waals surface area (Å²) in [5.41, 5.74) is 2.20. The molecule has 0 bridgehead atoms. The Balaban J connectivity index is 1.88. The van der Waals surface area contributed by atoms with E-state index in [1.807, 2.05) is 17.8 Å². The van der Waals surface area contributed by atoms with E-state index < -0.39 is 0 Å². The van der Waals surface area contributed by atoms with Crippen molar-refractivity contribution >= 4 is 45.0 Å². The summed E-state index contributed by atoms with van der Waals surface area (Å²) >= 11 is 11.4. The molecule has 1 N–H and O–H groups in total. The van der Waals surface area contributed by atoms with Crippen LogP contribution in [-0.4, -0.2) is 10.7 Å². The highest BCUT2D eigenvalue weighted by Gasteiger charge is 2.23. The van der Waals surface area contributed by atoms with E-state index in [2.05, 4.69) is 50.5 Å². The predicted molar refractivity (Wildman–Crippen MR) is 80.5 cm³/mol. The number of thioether (sulfide) groups is 1. The highest BCUT2D eigenvalue weighted by molar-refractivity contribution is 9.10. The molecule has 1 aromatic heterocycles. The van der Waals surface area contributed by atoms with Crippen LogP contribution in [0.3, 0.4) is 0 Å². The number of rotatable bonds is 2. The maximum atomic E-state index is 6.10. The van der Waals surface area contributed by atoms with Gasteiger partial charge in [-0.1, -0.05) is 29.8 Å². The number of benzene rings is 1. The number of nitrogens with one attached hydrogen (secondary N) is 1. The van der Waals surface area contributed by atoms with Gasteiger partial charge in [-0.3, -0.25) is 0 Å². The van der Waals surface area contributed by atoms with Gasteiger partial charge in [0.1, 0.15) is 0 Å². The Kier molecular flexibility index (Phi) is 3.50. The second-order valence-corrected chi connectivity index (χ2v) is 6.37. The number of anilines is 1. The number of hydrogen-bond acceptors (Lipinski definition) is 3. The van der Waals surface area contributed by atoms with Crippen molar-refractivity contribution in [3.8, 4) is 0 Å². The highest BCUT2D eigenvalue weighted by Crippen LogP contribution is 2.40. The van der Waals surface area contributed by atoms with Crippen LogP contribution in [0, 0.1) is 0 Å². The van der Waals surface area contributed by atoms with Crippen LogP contribution in [0.4, 0.5) is 5.69 Å². The Labute approximate surface area is 123 Å². The summed E-state index contributed by atoms with van der Waals surface area (Å²) in [4.78, 5) is 5.47. The second kappa shape index (κ2) is 5.11. The number of aromatic nitrogens is 1. The molecule has 1 aromatic carbocycles. The Morgan fingerprint density at radius 2 is 2.22 bits per heavy atom. The van der Waals surface area contributed by atoms with Crippen molar-refractivity contribution in [2.45, 2.75) is 10.9 Å². The van der Waals surface area contributed by atoms with Crippen molar-refractivity contribution in [3.63, 3.8) is 0 Å². The lowest BCUT2D eigenvalue weighted by Crippen LogP contribution is -2.10. The molecule has 0 fully saturated rings. The zero-order chi connectivity index (χ0) is 12.5. The first-order valence-electron chi connectivity index (χ1n) is 5.53. The molecule has 5 heteroatoms. The van der Waals surface area contributed by atoms with Gasteiger partial charge in [-0.15, -0.1) is 11.8 Å². The third-order valence-corrected chi connectivity index (χ3v) is 4.75. The number of pyridine rings is 1. The summed E-state index contributed by atoms with van der Waals surface area (Å²) in [7, 11) is 0. The average molecular weight is 342 g/mol. The van der Waals surface area contributed by atoms with Crippen LogP contribution in [0.5, 0.6) is 0 Å². The molecule has 2 heterocycles. The molecular weight excluding hydrogens is 332 g/mol. The summed E-state index contributed by atoms with van der Waals surface area (Å²) in [5.74, 6) is 1.02. The van der Waals surface area contributed by atoms with E-state index >= 15 is 0 Å². The van der Waals surface area contributed by atoms with Crippen molar-refractivity contribution in [2.24, 2.45) is 0 Å². The highest BCUT2D eigenvalue weighted by atomic mass is 79.9. The van der Waals surface area contributed by atoms with Crippen molar-refractivity contribution in [1.29, 1.82) is 0 Å². The molecule has 1 aliphatic rings. The topological polar surface area (TPSA) is 24.9 Å². The molecule has 92 valence electrons. The first-order valence-corrected chi connectivity index (χ1v) is 7.69. The van der Waals surface area contributed by atoms with Gasteiger partial charge in [-0.05, 0) is 33.6 Å². The summed E-state index contributed by atoms with van der Waals surface area (Å²) in [6.45, 7) is 0. The van der Waals surface area contributed by atoms with Crippen LogP contribution >= 0.6 is 39.3 Å². The van der Waals surface area contributed by atoms with Gasteiger partial charge in [0.15, 0.2) is 5.15 Å². The van der Waals surface area contributed by atoms with Gasteiger partial charge in [-0.25, -0.2) is 4.98 Å². The fourth-order valence-electron chi connectivity index (χ4n) is 1.99. The molecule has 0 radical (unpaired) electrons. The summed E-state index contributed by atoms with van der Waals surface area (Å²) in [6.07, 6.45) is 1.70. The molecule has 3 rings (SSSR count). The third-order valence-electron chi connectivity index (χ3n) is 2.84. The minimum atomic E-state index is 0.291. The Morgan fingerprint density at radius 3 is 3.11 bits per heavy atom. The fourth-order valence-corrected chi connectivity index (χ4v) is 3.64. The van der Waals surface area contributed by atoms with Crippen molar-refractivity contribution in [3.05, 3.63) is 51.7 Å². The number of hydrogen-bond donors (Lipinski definition) is 1. The van der Waals surface area contributed by atoms with E-state index in [-0.39, 0.29) is 0 Å². The average Bonchev–Trinajstić information content (AvgIpc) is 2.78. The number of fused-ring (bicyclic) bond motifs is 1. The fraction of sp³-hybridized carbons (Fsp3) is 0.154. The monoisotopic (exact) mass is 340 g/mol. The standard InChI is InChI=1S/C13H10BrClN2S/c14-8-5-10(13(15)16-6-8)17-11-7-18-12-4-2-1-3-9(11)12/h1-6,11,17H,7H2. The molecular formula is C13H10BrClN2S. The first kappa shape index (κ1) is 12.3. The van der Waals surface area contributed by atoms with E-state index in [0.29, 0.717) is 11.2 Å². The van der Waals surface area contributed by atoms with Crippen LogP contribution < -0.4 is 5.32 Å². The SMILES string of the molecule is Clc1ncc(Br)cc1NC1CSc2ccccc21. The second-order valence-electron chi connectivity index (χ2n) is 4.04. The maximum Gasteiger partial charge on any atom is 0.152 e. The third kappa shape index (κ3) is 2.37. The van der Waals surface area contributed by atoms with Crippen LogP contribution in [-0.2, 0) is 0 Å². The largest absolute Gasteiger partial charge is 0.375 e. The minimum Gasteiger partial charge on any atom is -0.375 e.